The van der Waals surface area contributed by atoms with Crippen LogP contribution in [0.1, 0.15) is 39.5 Å². The maximum atomic E-state index is 13.9. The number of rotatable bonds is 5. The molecule has 1 N–H and O–H groups in total. The fourth-order valence-electron chi connectivity index (χ4n) is 3.50. The Hall–Kier alpha value is -2.24. The number of amides is 1. The molecule has 1 aromatic carbocycles. The molecule has 1 fully saturated rings. The van der Waals surface area contributed by atoms with Crippen LogP contribution in [0.5, 0.6) is 0 Å². The lowest BCUT2D eigenvalue weighted by Crippen LogP contribution is -2.44. The van der Waals surface area contributed by atoms with Crippen LogP contribution in [0.25, 0.3) is 10.9 Å². The molecule has 1 aliphatic rings. The first-order valence-electron chi connectivity index (χ1n) is 9.08. The van der Waals surface area contributed by atoms with E-state index in [9.17, 15) is 9.18 Å². The summed E-state index contributed by atoms with van der Waals surface area (Å²) in [6.07, 6.45) is 4.91. The predicted octanol–water partition coefficient (Wildman–Crippen LogP) is 3.61. The number of hydrogen-bond donors (Lipinski definition) is 1. The average molecular weight is 344 g/mol. The van der Waals surface area contributed by atoms with Crippen molar-refractivity contribution in [1.82, 2.24) is 14.9 Å². The molecule has 25 heavy (non-hydrogen) atoms. The molecular weight excluding hydrogens is 319 g/mol. The van der Waals surface area contributed by atoms with Crippen LogP contribution in [0.2, 0.25) is 0 Å². The zero-order valence-corrected chi connectivity index (χ0v) is 14.8. The summed E-state index contributed by atoms with van der Waals surface area (Å²) in [5.41, 5.74) is 0.335. The van der Waals surface area contributed by atoms with Crippen LogP contribution < -0.4 is 5.32 Å². The van der Waals surface area contributed by atoms with E-state index in [0.717, 1.165) is 38.8 Å². The smallest absolute Gasteiger partial charge is 0.225 e. The molecule has 1 amide bonds. The molecule has 0 bridgehead atoms. The van der Waals surface area contributed by atoms with E-state index >= 15 is 0 Å². The van der Waals surface area contributed by atoms with Crippen molar-refractivity contribution in [3.63, 3.8) is 0 Å². The number of hydrogen-bond acceptors (Lipinski definition) is 4. The molecule has 0 unspecified atom stereocenters. The molecule has 2 aromatic rings. The fourth-order valence-corrected chi connectivity index (χ4v) is 3.50. The summed E-state index contributed by atoms with van der Waals surface area (Å²) in [5.74, 6) is 0.735. The van der Waals surface area contributed by atoms with Crippen molar-refractivity contribution in [2.24, 2.45) is 5.92 Å². The first-order chi connectivity index (χ1) is 12.1. The molecule has 0 aliphatic carbocycles. The summed E-state index contributed by atoms with van der Waals surface area (Å²) in [6.45, 7) is 5.65. The van der Waals surface area contributed by atoms with Gasteiger partial charge in [-0.15, -0.1) is 0 Å². The highest BCUT2D eigenvalue weighted by molar-refractivity contribution is 5.89. The molecule has 0 saturated carbocycles. The van der Waals surface area contributed by atoms with Crippen LogP contribution in [0, 0.1) is 11.7 Å². The highest BCUT2D eigenvalue weighted by Crippen LogP contribution is 2.24. The van der Waals surface area contributed by atoms with Crippen molar-refractivity contribution in [1.29, 1.82) is 0 Å². The number of nitrogens with zero attached hydrogens (tertiary/aromatic N) is 3. The van der Waals surface area contributed by atoms with Gasteiger partial charge in [-0.05, 0) is 37.8 Å². The van der Waals surface area contributed by atoms with Crippen LogP contribution in [0.4, 0.5) is 10.2 Å². The van der Waals surface area contributed by atoms with E-state index in [1.165, 1.54) is 12.4 Å². The average Bonchev–Trinajstić information content (AvgIpc) is 2.64. The maximum Gasteiger partial charge on any atom is 0.225 e. The van der Waals surface area contributed by atoms with Crippen LogP contribution in [-0.4, -0.2) is 39.9 Å². The van der Waals surface area contributed by atoms with Gasteiger partial charge in [0, 0.05) is 30.4 Å². The number of fused-ring (bicyclic) bond motifs is 1. The Morgan fingerprint density at radius 1 is 1.28 bits per heavy atom. The minimum atomic E-state index is -0.339. The van der Waals surface area contributed by atoms with Gasteiger partial charge in [0.15, 0.2) is 0 Å². The normalized spacial score (nSPS) is 15.8. The molecule has 2 heterocycles. The lowest BCUT2D eigenvalue weighted by atomic mass is 9.98. The number of carbonyl (C=O) groups is 1. The van der Waals surface area contributed by atoms with Crippen molar-refractivity contribution >= 4 is 22.6 Å². The molecule has 1 aromatic heterocycles. The molecule has 0 radical (unpaired) electrons. The molecule has 134 valence electrons. The third kappa shape index (κ3) is 3.72. The summed E-state index contributed by atoms with van der Waals surface area (Å²) >= 11 is 0. The zero-order chi connectivity index (χ0) is 17.8. The number of halogens is 1. The lowest BCUT2D eigenvalue weighted by molar-refractivity contribution is -0.136. The van der Waals surface area contributed by atoms with Gasteiger partial charge in [-0.3, -0.25) is 4.79 Å². The number of anilines is 1. The van der Waals surface area contributed by atoms with Gasteiger partial charge in [0.05, 0.1) is 0 Å². The Bertz CT molecular complexity index is 739. The minimum absolute atomic E-state index is 0.137. The molecule has 0 atom stereocenters. The molecule has 1 aliphatic heterocycles. The predicted molar refractivity (Wildman–Crippen MR) is 96.8 cm³/mol. The van der Waals surface area contributed by atoms with Gasteiger partial charge < -0.3 is 10.2 Å². The number of para-hydroxylation sites is 1. The fraction of sp³-hybridized carbons (Fsp3) is 0.526. The van der Waals surface area contributed by atoms with E-state index < -0.39 is 0 Å². The van der Waals surface area contributed by atoms with Crippen LogP contribution in [0.15, 0.2) is 24.5 Å². The van der Waals surface area contributed by atoms with Gasteiger partial charge in [-0.25, -0.2) is 14.4 Å². The number of carbonyl (C=O) groups excluding carboxylic acids is 1. The highest BCUT2D eigenvalue weighted by atomic mass is 19.1. The van der Waals surface area contributed by atoms with Crippen molar-refractivity contribution < 1.29 is 9.18 Å². The summed E-state index contributed by atoms with van der Waals surface area (Å²) in [4.78, 5) is 22.8. The van der Waals surface area contributed by atoms with Crippen LogP contribution >= 0.6 is 0 Å². The first kappa shape index (κ1) is 17.6. The molecule has 1 saturated heterocycles. The molecule has 5 nitrogen and oxygen atoms in total. The number of aromatic nitrogens is 2. The van der Waals surface area contributed by atoms with Gasteiger partial charge in [0.25, 0.3) is 0 Å². The SMILES string of the molecule is CCC(CC)C(=O)N1CCC(Nc2ncnc3c(F)cccc23)CC1. The van der Waals surface area contributed by atoms with E-state index in [-0.39, 0.29) is 23.7 Å². The van der Waals surface area contributed by atoms with Crippen molar-refractivity contribution in [2.75, 3.05) is 18.4 Å². The van der Waals surface area contributed by atoms with E-state index in [4.69, 9.17) is 0 Å². The Morgan fingerprint density at radius 3 is 2.68 bits per heavy atom. The zero-order valence-electron chi connectivity index (χ0n) is 14.8. The van der Waals surface area contributed by atoms with Crippen molar-refractivity contribution in [2.45, 2.75) is 45.6 Å². The van der Waals surface area contributed by atoms with Gasteiger partial charge in [-0.1, -0.05) is 19.9 Å². The topological polar surface area (TPSA) is 58.1 Å². The largest absolute Gasteiger partial charge is 0.367 e. The highest BCUT2D eigenvalue weighted by Gasteiger charge is 2.26. The summed E-state index contributed by atoms with van der Waals surface area (Å²) < 4.78 is 13.9. The Labute approximate surface area is 147 Å². The van der Waals surface area contributed by atoms with Gasteiger partial charge in [0.1, 0.15) is 23.5 Å². The summed E-state index contributed by atoms with van der Waals surface area (Å²) in [5, 5.41) is 4.10. The monoisotopic (exact) mass is 344 g/mol. The Morgan fingerprint density at radius 2 is 2.00 bits per heavy atom. The van der Waals surface area contributed by atoms with E-state index in [0.29, 0.717) is 16.7 Å². The second-order valence-electron chi connectivity index (χ2n) is 6.62. The maximum absolute atomic E-state index is 13.9. The lowest BCUT2D eigenvalue weighted by Gasteiger charge is -2.34. The number of nitrogens with one attached hydrogen (secondary N) is 1. The molecule has 0 spiro atoms. The quantitative estimate of drug-likeness (QED) is 0.900. The molecule has 6 heteroatoms. The Balaban J connectivity index is 1.65. The molecule has 3 rings (SSSR count). The van der Waals surface area contributed by atoms with Crippen LogP contribution in [0.3, 0.4) is 0 Å². The second-order valence-corrected chi connectivity index (χ2v) is 6.62. The standard InChI is InChI=1S/C19H25FN4O/c1-3-13(4-2)19(25)24-10-8-14(9-11-24)23-18-15-6-5-7-16(20)17(15)21-12-22-18/h5-7,12-14H,3-4,8-11H2,1-2H3,(H,21,22,23). The van der Waals surface area contributed by atoms with Crippen molar-refractivity contribution in [3.05, 3.63) is 30.3 Å². The first-order valence-corrected chi connectivity index (χ1v) is 9.08. The van der Waals surface area contributed by atoms with Gasteiger partial charge >= 0.3 is 0 Å². The number of benzene rings is 1. The van der Waals surface area contributed by atoms with E-state index in [2.05, 4.69) is 29.1 Å². The number of piperidine rings is 1. The van der Waals surface area contributed by atoms with Gasteiger partial charge in [-0.2, -0.15) is 0 Å². The third-order valence-corrected chi connectivity index (χ3v) is 5.10. The van der Waals surface area contributed by atoms with Gasteiger partial charge in [0.2, 0.25) is 5.91 Å². The third-order valence-electron chi connectivity index (χ3n) is 5.10. The van der Waals surface area contributed by atoms with E-state index in [1.807, 2.05) is 11.0 Å². The van der Waals surface area contributed by atoms with Crippen molar-refractivity contribution in [3.8, 4) is 0 Å². The molecular formula is C19H25FN4O. The Kier molecular flexibility index (Phi) is 5.46. The second kappa shape index (κ2) is 7.76. The van der Waals surface area contributed by atoms with Crippen LogP contribution in [-0.2, 0) is 4.79 Å². The summed E-state index contributed by atoms with van der Waals surface area (Å²) in [7, 11) is 0. The minimum Gasteiger partial charge on any atom is -0.367 e. The summed E-state index contributed by atoms with van der Waals surface area (Å²) in [6, 6.07) is 5.13. The van der Waals surface area contributed by atoms with E-state index in [1.54, 1.807) is 6.07 Å². The number of likely N-dealkylation sites (tertiary alicyclic amines) is 1.